The lowest BCUT2D eigenvalue weighted by Crippen LogP contribution is -2.23. The average Bonchev–Trinajstić information content (AvgIpc) is 2.62. The maximum atomic E-state index is 10.6. The van der Waals surface area contributed by atoms with Crippen LogP contribution in [0.1, 0.15) is 12.8 Å². The van der Waals surface area contributed by atoms with Crippen LogP contribution in [0.5, 0.6) is 0 Å². The molecule has 0 saturated carbocycles. The zero-order valence-electron chi connectivity index (χ0n) is 8.13. The quantitative estimate of drug-likeness (QED) is 0.515. The summed E-state index contributed by atoms with van der Waals surface area (Å²) in [6.07, 6.45) is 2.10. The summed E-state index contributed by atoms with van der Waals surface area (Å²) in [4.78, 5) is 3.97. The molecule has 3 N–H and O–H groups in total. The van der Waals surface area contributed by atoms with Gasteiger partial charge in [-0.1, -0.05) is 0 Å². The summed E-state index contributed by atoms with van der Waals surface area (Å²) in [6, 6.07) is 0. The van der Waals surface area contributed by atoms with E-state index in [1.807, 2.05) is 0 Å². The Balaban J connectivity index is 2.26. The first-order valence-electron chi connectivity index (χ1n) is 4.49. The van der Waals surface area contributed by atoms with Gasteiger partial charge in [-0.25, -0.2) is 0 Å². The van der Waals surface area contributed by atoms with Gasteiger partial charge in [0.1, 0.15) is 12.4 Å². The van der Waals surface area contributed by atoms with Crippen molar-refractivity contribution in [1.82, 2.24) is 0 Å². The molecule has 0 aromatic heterocycles. The summed E-state index contributed by atoms with van der Waals surface area (Å²) in [5, 5.41) is 0. The Labute approximate surface area is 93.5 Å². The minimum absolute atomic E-state index is 0.102. The third kappa shape index (κ3) is 6.00. The number of ether oxygens (including phenoxy) is 1. The summed E-state index contributed by atoms with van der Waals surface area (Å²) in [5.74, 6) is 0.150. The van der Waals surface area contributed by atoms with Gasteiger partial charge >= 0.3 is 0 Å². The third-order valence-corrected chi connectivity index (χ3v) is 2.58. The fourth-order valence-corrected chi connectivity index (χ4v) is 1.60. The molecule has 88 valence electrons. The molecule has 0 spiro atoms. The Hall–Kier alpha value is -0.280. The van der Waals surface area contributed by atoms with Gasteiger partial charge < -0.3 is 10.5 Å². The highest BCUT2D eigenvalue weighted by atomic mass is 32.9. The van der Waals surface area contributed by atoms with Crippen molar-refractivity contribution in [2.24, 2.45) is 10.7 Å². The standard InChI is InChI=1S/C7H14N2O4S2/c8-7(5-13-15(10,11)14)9-4-6-2-1-3-12-6/h6H,1-5H2,(H2,8,9)(H,10,11,14)/t6-/m0/s1. The molecule has 0 bridgehead atoms. The largest absolute Gasteiger partial charge is 0.385 e. The van der Waals surface area contributed by atoms with Gasteiger partial charge in [-0.2, -0.15) is 4.21 Å². The van der Waals surface area contributed by atoms with Crippen molar-refractivity contribution in [3.8, 4) is 0 Å². The number of nitrogens with zero attached hydrogens (tertiary/aromatic N) is 1. The fourth-order valence-electron chi connectivity index (χ4n) is 1.19. The van der Waals surface area contributed by atoms with Crippen molar-refractivity contribution in [2.45, 2.75) is 18.9 Å². The molecule has 0 amide bonds. The molecular formula is C7H14N2O4S2. The molecule has 2 atom stereocenters. The van der Waals surface area contributed by atoms with Crippen molar-refractivity contribution in [2.75, 3.05) is 19.8 Å². The Morgan fingerprint density at radius 1 is 1.80 bits per heavy atom. The molecule has 0 radical (unpaired) electrons. The molecule has 1 heterocycles. The zero-order valence-corrected chi connectivity index (χ0v) is 9.76. The first kappa shape index (κ1) is 12.8. The van der Waals surface area contributed by atoms with E-state index in [1.54, 1.807) is 0 Å². The number of amidine groups is 1. The van der Waals surface area contributed by atoms with Crippen molar-refractivity contribution < 1.29 is 17.7 Å². The smallest absolute Gasteiger partial charge is 0.266 e. The van der Waals surface area contributed by atoms with Crippen LogP contribution in [0.4, 0.5) is 0 Å². The predicted molar refractivity (Wildman–Crippen MR) is 59.6 cm³/mol. The summed E-state index contributed by atoms with van der Waals surface area (Å²) >= 11 is 4.12. The monoisotopic (exact) mass is 254 g/mol. The van der Waals surface area contributed by atoms with Crippen LogP contribution < -0.4 is 5.73 Å². The second-order valence-corrected chi connectivity index (χ2v) is 5.51. The predicted octanol–water partition coefficient (Wildman–Crippen LogP) is -0.327. The molecule has 6 nitrogen and oxygen atoms in total. The summed E-state index contributed by atoms with van der Waals surface area (Å²) < 4.78 is 28.9. The molecule has 1 saturated heterocycles. The molecule has 0 aromatic rings. The Kier molecular flexibility index (Phi) is 4.87. The van der Waals surface area contributed by atoms with E-state index in [2.05, 4.69) is 20.4 Å². The van der Waals surface area contributed by atoms with Crippen molar-refractivity contribution >= 4 is 26.1 Å². The molecule has 1 aliphatic rings. The first-order chi connectivity index (χ1) is 6.97. The molecule has 1 rings (SSSR count). The lowest BCUT2D eigenvalue weighted by molar-refractivity contribution is 0.117. The van der Waals surface area contributed by atoms with Gasteiger partial charge in [0.05, 0.1) is 12.6 Å². The normalized spacial score (nSPS) is 26.5. The van der Waals surface area contributed by atoms with E-state index in [-0.39, 0.29) is 18.5 Å². The van der Waals surface area contributed by atoms with Gasteiger partial charge in [0.15, 0.2) is 0 Å². The van der Waals surface area contributed by atoms with Gasteiger partial charge in [0, 0.05) is 17.8 Å². The van der Waals surface area contributed by atoms with E-state index in [0.29, 0.717) is 6.54 Å². The molecule has 1 aliphatic heterocycles. The SMILES string of the molecule is NC(COS(=O)(O)=S)=NC[C@@H]1CCCO1. The van der Waals surface area contributed by atoms with Crippen molar-refractivity contribution in [3.63, 3.8) is 0 Å². The van der Waals surface area contributed by atoms with Crippen molar-refractivity contribution in [1.29, 1.82) is 0 Å². The maximum Gasteiger partial charge on any atom is 0.266 e. The topological polar surface area (TPSA) is 94.1 Å². The highest BCUT2D eigenvalue weighted by molar-refractivity contribution is 8.27. The third-order valence-electron chi connectivity index (χ3n) is 1.88. The van der Waals surface area contributed by atoms with E-state index in [1.165, 1.54) is 0 Å². The average molecular weight is 254 g/mol. The maximum absolute atomic E-state index is 10.6. The van der Waals surface area contributed by atoms with Gasteiger partial charge in [-0.3, -0.25) is 13.7 Å². The zero-order chi connectivity index (χ0) is 11.3. The van der Waals surface area contributed by atoms with E-state index in [0.717, 1.165) is 19.4 Å². The molecular weight excluding hydrogens is 240 g/mol. The van der Waals surface area contributed by atoms with E-state index in [4.69, 9.17) is 15.0 Å². The first-order valence-corrected chi connectivity index (χ1v) is 6.86. The number of nitrogens with two attached hydrogens (primary N) is 1. The van der Waals surface area contributed by atoms with Crippen LogP contribution >= 0.6 is 0 Å². The van der Waals surface area contributed by atoms with Crippen LogP contribution in [-0.2, 0) is 29.2 Å². The fraction of sp³-hybridized carbons (Fsp3) is 0.857. The van der Waals surface area contributed by atoms with E-state index >= 15 is 0 Å². The second-order valence-electron chi connectivity index (χ2n) is 3.16. The molecule has 8 heteroatoms. The summed E-state index contributed by atoms with van der Waals surface area (Å²) in [7, 11) is -3.62. The molecule has 1 fully saturated rings. The number of hydrogen-bond acceptors (Lipinski definition) is 5. The van der Waals surface area contributed by atoms with Gasteiger partial charge in [0.25, 0.3) is 9.05 Å². The van der Waals surface area contributed by atoms with Crippen LogP contribution in [-0.4, -0.2) is 40.5 Å². The summed E-state index contributed by atoms with van der Waals surface area (Å²) in [5.41, 5.74) is 5.45. The lowest BCUT2D eigenvalue weighted by atomic mass is 10.2. The lowest BCUT2D eigenvalue weighted by Gasteiger charge is -2.06. The molecule has 0 aliphatic carbocycles. The van der Waals surface area contributed by atoms with Gasteiger partial charge in [0.2, 0.25) is 0 Å². The van der Waals surface area contributed by atoms with Crippen LogP contribution in [0, 0.1) is 0 Å². The minimum Gasteiger partial charge on any atom is -0.385 e. The second kappa shape index (κ2) is 5.71. The van der Waals surface area contributed by atoms with Crippen LogP contribution in [0.2, 0.25) is 0 Å². The number of rotatable bonds is 5. The van der Waals surface area contributed by atoms with Crippen molar-refractivity contribution in [3.05, 3.63) is 0 Å². The van der Waals surface area contributed by atoms with Gasteiger partial charge in [-0.15, -0.1) is 0 Å². The summed E-state index contributed by atoms with van der Waals surface area (Å²) in [6.45, 7) is 0.984. The Morgan fingerprint density at radius 2 is 2.53 bits per heavy atom. The van der Waals surface area contributed by atoms with Crippen LogP contribution in [0.15, 0.2) is 4.99 Å². The van der Waals surface area contributed by atoms with Crippen LogP contribution in [0.3, 0.4) is 0 Å². The van der Waals surface area contributed by atoms with Gasteiger partial charge in [-0.05, 0) is 12.8 Å². The molecule has 15 heavy (non-hydrogen) atoms. The Morgan fingerprint density at radius 3 is 3.07 bits per heavy atom. The van der Waals surface area contributed by atoms with E-state index < -0.39 is 9.05 Å². The molecule has 1 unspecified atom stereocenters. The number of aliphatic imine (C=N–C) groups is 1. The van der Waals surface area contributed by atoms with Crippen LogP contribution in [0.25, 0.3) is 0 Å². The molecule has 0 aromatic carbocycles. The highest BCUT2D eigenvalue weighted by Crippen LogP contribution is 2.11. The highest BCUT2D eigenvalue weighted by Gasteiger charge is 2.14. The Bertz CT molecular complexity index is 322. The number of hydrogen-bond donors (Lipinski definition) is 2. The minimum atomic E-state index is -3.62. The van der Waals surface area contributed by atoms with E-state index in [9.17, 15) is 4.21 Å².